The van der Waals surface area contributed by atoms with E-state index in [2.05, 4.69) is 56.7 Å². The lowest BCUT2D eigenvalue weighted by atomic mass is 9.86. The van der Waals surface area contributed by atoms with Gasteiger partial charge in [-0.1, -0.05) is 128 Å². The largest absolute Gasteiger partial charge is 0.262 e. The van der Waals surface area contributed by atoms with Crippen molar-refractivity contribution in [3.8, 4) is 0 Å². The fraction of sp³-hybridized carbons (Fsp3) is 0.926. The van der Waals surface area contributed by atoms with Crippen molar-refractivity contribution >= 4 is 21.6 Å². The summed E-state index contributed by atoms with van der Waals surface area (Å²) in [6.45, 7) is 13.9. The summed E-state index contributed by atoms with van der Waals surface area (Å²) in [6.07, 6.45) is 23.3. The van der Waals surface area contributed by atoms with Gasteiger partial charge in [0.05, 0.1) is 0 Å². The van der Waals surface area contributed by atoms with Crippen molar-refractivity contribution in [2.45, 2.75) is 161 Å². The molecule has 1 aromatic rings. The third-order valence-electron chi connectivity index (χ3n) is 5.83. The van der Waals surface area contributed by atoms with Crippen LogP contribution in [0.4, 0.5) is 0 Å². The van der Waals surface area contributed by atoms with Crippen LogP contribution in [0.5, 0.6) is 0 Å². The molecule has 0 aliphatic heterocycles. The molecule has 0 aromatic carbocycles. The highest BCUT2D eigenvalue weighted by atomic mass is 33.1. The fourth-order valence-electron chi connectivity index (χ4n) is 4.55. The van der Waals surface area contributed by atoms with Gasteiger partial charge in [0.1, 0.15) is 5.82 Å². The van der Waals surface area contributed by atoms with Crippen LogP contribution in [0.1, 0.15) is 150 Å². The van der Waals surface area contributed by atoms with E-state index in [1.165, 1.54) is 103 Å². The smallest absolute Gasteiger partial charge is 0.219 e. The highest BCUT2D eigenvalue weighted by Gasteiger charge is 2.27. The molecule has 3 nitrogen and oxygen atoms in total. The monoisotopic (exact) mass is 483 g/mol. The van der Waals surface area contributed by atoms with Crippen molar-refractivity contribution in [3.05, 3.63) is 5.82 Å². The van der Waals surface area contributed by atoms with Crippen LogP contribution in [0.3, 0.4) is 0 Å². The normalized spacial score (nSPS) is 12.6. The number of aromatic amines is 1. The number of aromatic nitrogens is 3. The molecule has 0 atom stereocenters. The Hall–Kier alpha value is -0.160. The van der Waals surface area contributed by atoms with Gasteiger partial charge >= 0.3 is 0 Å². The number of hydrogen-bond acceptors (Lipinski definition) is 4. The maximum Gasteiger partial charge on any atom is 0.219 e. The molecule has 5 heteroatoms. The highest BCUT2D eigenvalue weighted by Crippen LogP contribution is 2.45. The molecule has 0 saturated heterocycles. The second kappa shape index (κ2) is 17.3. The first kappa shape index (κ1) is 29.9. The first-order chi connectivity index (χ1) is 15.2. The van der Waals surface area contributed by atoms with Gasteiger partial charge in [0.25, 0.3) is 0 Å². The van der Waals surface area contributed by atoms with Gasteiger partial charge in [0, 0.05) is 11.2 Å². The summed E-state index contributed by atoms with van der Waals surface area (Å²) in [7, 11) is 3.61. The quantitative estimate of drug-likeness (QED) is 0.148. The van der Waals surface area contributed by atoms with Gasteiger partial charge in [0.15, 0.2) is 0 Å². The Morgan fingerprint density at radius 1 is 0.688 bits per heavy atom. The lowest BCUT2D eigenvalue weighted by molar-refractivity contribution is 0.340. The molecule has 1 aromatic heterocycles. The van der Waals surface area contributed by atoms with Crippen molar-refractivity contribution in [1.29, 1.82) is 0 Å². The number of unbranched alkanes of at least 4 members (excludes halogenated alkanes) is 14. The third kappa shape index (κ3) is 17.3. The van der Waals surface area contributed by atoms with Gasteiger partial charge in [-0.15, -0.1) is 5.10 Å². The minimum Gasteiger partial charge on any atom is -0.262 e. The molecule has 0 saturated carbocycles. The Morgan fingerprint density at radius 3 is 1.62 bits per heavy atom. The molecule has 1 rings (SSSR count). The van der Waals surface area contributed by atoms with Crippen molar-refractivity contribution in [2.24, 2.45) is 5.41 Å². The highest BCUT2D eigenvalue weighted by molar-refractivity contribution is 8.77. The second-order valence-electron chi connectivity index (χ2n) is 11.4. The predicted octanol–water partition coefficient (Wildman–Crippen LogP) is 10.2. The van der Waals surface area contributed by atoms with E-state index in [-0.39, 0.29) is 4.75 Å². The molecule has 0 radical (unpaired) electrons. The molecule has 0 aliphatic rings. The summed E-state index contributed by atoms with van der Waals surface area (Å²) in [5.74, 6) is 1.05. The van der Waals surface area contributed by atoms with E-state index >= 15 is 0 Å². The maximum atomic E-state index is 4.69. The van der Waals surface area contributed by atoms with E-state index < -0.39 is 0 Å². The van der Waals surface area contributed by atoms with Crippen LogP contribution in [0.15, 0.2) is 5.16 Å². The predicted molar refractivity (Wildman–Crippen MR) is 147 cm³/mol. The molecule has 0 fully saturated rings. The SMILES string of the molecule is CCCCCCCCCCCCCCCCCc1nc(SSC(C)(C)CC(C)(C)C)n[nH]1. The Bertz CT molecular complexity index is 563. The van der Waals surface area contributed by atoms with Crippen LogP contribution in [0.25, 0.3) is 0 Å². The van der Waals surface area contributed by atoms with Gasteiger partial charge in [-0.3, -0.25) is 5.10 Å². The summed E-state index contributed by atoms with van der Waals surface area (Å²) >= 11 is 0. The zero-order valence-electron chi connectivity index (χ0n) is 22.2. The average molecular weight is 484 g/mol. The lowest BCUT2D eigenvalue weighted by Gasteiger charge is -2.30. The van der Waals surface area contributed by atoms with Crippen LogP contribution >= 0.6 is 21.6 Å². The maximum absolute atomic E-state index is 4.69. The molecule has 1 N–H and O–H groups in total. The number of nitrogens with zero attached hydrogens (tertiary/aromatic N) is 2. The second-order valence-corrected chi connectivity index (χ2v) is 14.2. The van der Waals surface area contributed by atoms with Gasteiger partial charge in [-0.25, -0.2) is 4.98 Å². The molecule has 1 heterocycles. The Labute approximate surface area is 208 Å². The van der Waals surface area contributed by atoms with E-state index in [0.717, 1.165) is 17.4 Å². The van der Waals surface area contributed by atoms with Crippen LogP contribution in [-0.4, -0.2) is 19.9 Å². The van der Waals surface area contributed by atoms with E-state index in [1.54, 1.807) is 10.8 Å². The Morgan fingerprint density at radius 2 is 1.16 bits per heavy atom. The molecule has 32 heavy (non-hydrogen) atoms. The van der Waals surface area contributed by atoms with Crippen molar-refractivity contribution in [1.82, 2.24) is 15.2 Å². The van der Waals surface area contributed by atoms with Gasteiger partial charge < -0.3 is 0 Å². The molecule has 0 amide bonds. The van der Waals surface area contributed by atoms with Gasteiger partial charge in [-0.2, -0.15) is 0 Å². The summed E-state index contributed by atoms with van der Waals surface area (Å²) in [5, 5.41) is 8.44. The van der Waals surface area contributed by atoms with Gasteiger partial charge in [-0.05, 0) is 42.9 Å². The molecule has 0 unspecified atom stereocenters. The topological polar surface area (TPSA) is 41.6 Å². The lowest BCUT2D eigenvalue weighted by Crippen LogP contribution is -2.22. The van der Waals surface area contributed by atoms with Crippen LogP contribution < -0.4 is 0 Å². The number of nitrogens with one attached hydrogen (secondary N) is 1. The average Bonchev–Trinajstić information content (AvgIpc) is 3.15. The van der Waals surface area contributed by atoms with Crippen LogP contribution in [-0.2, 0) is 6.42 Å². The minimum absolute atomic E-state index is 0.220. The molecular formula is C27H53N3S2. The molecular weight excluding hydrogens is 430 g/mol. The molecule has 188 valence electrons. The number of rotatable bonds is 20. The Kier molecular flexibility index (Phi) is 16.2. The standard InChI is InChI=1S/C27H53N3S2/c1-7-8-9-10-11-12-13-14-15-16-17-18-19-20-21-22-24-28-25(30-29-24)31-32-27(5,6)23-26(2,3)4/h7-23H2,1-6H3,(H,28,29,30). The van der Waals surface area contributed by atoms with Crippen LogP contribution in [0.2, 0.25) is 0 Å². The fourth-order valence-corrected chi connectivity index (χ4v) is 6.87. The first-order valence-corrected chi connectivity index (χ1v) is 15.6. The molecule has 0 bridgehead atoms. The summed E-state index contributed by atoms with van der Waals surface area (Å²) < 4.78 is 0.220. The van der Waals surface area contributed by atoms with E-state index in [0.29, 0.717) is 5.41 Å². The van der Waals surface area contributed by atoms with Gasteiger partial charge in [0.2, 0.25) is 5.16 Å². The van der Waals surface area contributed by atoms with E-state index in [1.807, 2.05) is 10.8 Å². The van der Waals surface area contributed by atoms with Crippen LogP contribution in [0, 0.1) is 5.41 Å². The van der Waals surface area contributed by atoms with Crippen molar-refractivity contribution in [2.75, 3.05) is 0 Å². The summed E-state index contributed by atoms with van der Waals surface area (Å²) in [6, 6.07) is 0. The molecule has 0 aliphatic carbocycles. The Balaban J connectivity index is 1.96. The zero-order chi connectivity index (χ0) is 23.7. The summed E-state index contributed by atoms with van der Waals surface area (Å²) in [4.78, 5) is 4.69. The third-order valence-corrected chi connectivity index (χ3v) is 8.89. The minimum atomic E-state index is 0.220. The number of H-pyrrole nitrogens is 1. The van der Waals surface area contributed by atoms with Crippen molar-refractivity contribution < 1.29 is 0 Å². The van der Waals surface area contributed by atoms with Crippen molar-refractivity contribution in [3.63, 3.8) is 0 Å². The summed E-state index contributed by atoms with van der Waals surface area (Å²) in [5.41, 5.74) is 0.342. The van der Waals surface area contributed by atoms with E-state index in [9.17, 15) is 0 Å². The zero-order valence-corrected chi connectivity index (χ0v) is 23.9. The molecule has 0 spiro atoms. The number of hydrogen-bond donors (Lipinski definition) is 1. The van der Waals surface area contributed by atoms with E-state index in [4.69, 9.17) is 0 Å². The number of aryl methyl sites for hydroxylation is 1. The first-order valence-electron chi connectivity index (χ1n) is 13.5.